The smallest absolute Gasteiger partial charge is 0.323 e. The molecule has 2 heterocycles. The van der Waals surface area contributed by atoms with Gasteiger partial charge in [0.1, 0.15) is 0 Å². The maximum atomic E-state index is 12.5. The van der Waals surface area contributed by atoms with Gasteiger partial charge < -0.3 is 31.3 Å². The summed E-state index contributed by atoms with van der Waals surface area (Å²) in [7, 11) is 0. The normalized spacial score (nSPS) is 22.2. The number of ether oxygens (including phenoxy) is 1. The molecule has 174 valence electrons. The summed E-state index contributed by atoms with van der Waals surface area (Å²) < 4.78 is 5.74. The van der Waals surface area contributed by atoms with Crippen molar-refractivity contribution < 1.29 is 19.1 Å². The average Bonchev–Trinajstić information content (AvgIpc) is 3.35. The minimum absolute atomic E-state index is 0.00502. The van der Waals surface area contributed by atoms with Crippen LogP contribution >= 0.6 is 0 Å². The van der Waals surface area contributed by atoms with E-state index >= 15 is 0 Å². The topological polar surface area (TPSA) is 121 Å². The Balaban J connectivity index is 1.27. The van der Waals surface area contributed by atoms with Gasteiger partial charge in [0.15, 0.2) is 0 Å². The molecule has 2 aliphatic heterocycles. The molecule has 9 heteroatoms. The van der Waals surface area contributed by atoms with Crippen molar-refractivity contribution in [2.24, 2.45) is 0 Å². The molecule has 4 rings (SSSR count). The van der Waals surface area contributed by atoms with E-state index in [0.29, 0.717) is 37.4 Å². The minimum atomic E-state index is -0.344. The van der Waals surface area contributed by atoms with Crippen LogP contribution in [0.25, 0.3) is 0 Å². The molecule has 0 saturated carbocycles. The lowest BCUT2D eigenvalue weighted by molar-refractivity contribution is -0.125. The summed E-state index contributed by atoms with van der Waals surface area (Å²) in [6.07, 6.45) is 2.74. The van der Waals surface area contributed by atoms with Gasteiger partial charge in [-0.05, 0) is 49.1 Å². The second-order valence-electron chi connectivity index (χ2n) is 8.26. The molecule has 0 aromatic heterocycles. The van der Waals surface area contributed by atoms with E-state index in [1.807, 2.05) is 30.3 Å². The maximum Gasteiger partial charge on any atom is 0.323 e. The number of hydrogen-bond acceptors (Lipinski definition) is 4. The van der Waals surface area contributed by atoms with Crippen molar-refractivity contribution in [2.75, 3.05) is 17.2 Å². The Morgan fingerprint density at radius 1 is 0.970 bits per heavy atom. The molecule has 0 spiro atoms. The van der Waals surface area contributed by atoms with E-state index < -0.39 is 0 Å². The molecule has 2 aromatic carbocycles. The summed E-state index contributed by atoms with van der Waals surface area (Å²) in [5, 5.41) is 14.4. The Kier molecular flexibility index (Phi) is 7.41. The van der Waals surface area contributed by atoms with Crippen molar-refractivity contribution in [2.45, 2.75) is 50.4 Å². The van der Waals surface area contributed by atoms with Crippen molar-refractivity contribution in [1.82, 2.24) is 16.0 Å². The molecule has 33 heavy (non-hydrogen) atoms. The third-order valence-electron chi connectivity index (χ3n) is 5.80. The Bertz CT molecular complexity index is 978. The number of rotatable bonds is 6. The van der Waals surface area contributed by atoms with Gasteiger partial charge >= 0.3 is 12.1 Å². The number of carbonyl (C=O) groups is 3. The number of hydrogen-bond donors (Lipinski definition) is 5. The van der Waals surface area contributed by atoms with E-state index in [4.69, 9.17) is 4.74 Å². The van der Waals surface area contributed by atoms with Crippen LogP contribution in [0, 0.1) is 0 Å². The zero-order valence-electron chi connectivity index (χ0n) is 18.3. The van der Waals surface area contributed by atoms with Gasteiger partial charge in [-0.2, -0.15) is 0 Å². The first-order valence-corrected chi connectivity index (χ1v) is 11.2. The van der Waals surface area contributed by atoms with E-state index in [1.54, 1.807) is 24.3 Å². The van der Waals surface area contributed by atoms with Crippen molar-refractivity contribution in [3.63, 3.8) is 0 Å². The number of carbonyl (C=O) groups excluding carboxylic acids is 3. The number of nitrogens with one attached hydrogen (secondary N) is 5. The molecular formula is C24H29N5O4. The molecule has 0 radical (unpaired) electrons. The van der Waals surface area contributed by atoms with E-state index in [1.165, 1.54) is 0 Å². The average molecular weight is 452 g/mol. The van der Waals surface area contributed by atoms with Crippen LogP contribution in [0.15, 0.2) is 54.6 Å². The van der Waals surface area contributed by atoms with Crippen molar-refractivity contribution >= 4 is 29.3 Å². The number of piperidine rings is 1. The lowest BCUT2D eigenvalue weighted by Gasteiger charge is -2.36. The second kappa shape index (κ2) is 10.8. The molecular weight excluding hydrogens is 422 g/mol. The van der Waals surface area contributed by atoms with Gasteiger partial charge in [0.05, 0.1) is 18.2 Å². The predicted molar refractivity (Wildman–Crippen MR) is 125 cm³/mol. The van der Waals surface area contributed by atoms with Crippen LogP contribution in [-0.2, 0) is 16.1 Å². The van der Waals surface area contributed by atoms with Gasteiger partial charge in [0, 0.05) is 30.9 Å². The SMILES string of the molecule is O=C1CCC(NC(=O)NCc2cccc(NC(=O)Nc3ccccc3)c2)C(C2CCCO2)N1. The highest BCUT2D eigenvalue weighted by atomic mass is 16.5. The Hall–Kier alpha value is -3.59. The fraction of sp³-hybridized carbons (Fsp3) is 0.375. The molecule has 9 nitrogen and oxygen atoms in total. The Labute approximate surface area is 192 Å². The van der Waals surface area contributed by atoms with Crippen LogP contribution in [0.5, 0.6) is 0 Å². The number of anilines is 2. The van der Waals surface area contributed by atoms with Crippen molar-refractivity contribution in [3.05, 3.63) is 60.2 Å². The van der Waals surface area contributed by atoms with Crippen LogP contribution in [-0.4, -0.2) is 42.8 Å². The number of benzene rings is 2. The summed E-state index contributed by atoms with van der Waals surface area (Å²) in [4.78, 5) is 36.6. The van der Waals surface area contributed by atoms with Crippen molar-refractivity contribution in [1.29, 1.82) is 0 Å². The Morgan fingerprint density at radius 3 is 2.55 bits per heavy atom. The fourth-order valence-electron chi connectivity index (χ4n) is 4.20. The summed E-state index contributed by atoms with van der Waals surface area (Å²) in [6, 6.07) is 15.4. The first kappa shape index (κ1) is 22.6. The quantitative estimate of drug-likeness (QED) is 0.464. The predicted octanol–water partition coefficient (Wildman–Crippen LogP) is 2.96. The van der Waals surface area contributed by atoms with E-state index in [9.17, 15) is 14.4 Å². The Morgan fingerprint density at radius 2 is 1.76 bits per heavy atom. The lowest BCUT2D eigenvalue weighted by atomic mass is 9.92. The highest BCUT2D eigenvalue weighted by Crippen LogP contribution is 2.22. The first-order chi connectivity index (χ1) is 16.1. The summed E-state index contributed by atoms with van der Waals surface area (Å²) in [5.74, 6) is -0.00502. The van der Waals surface area contributed by atoms with Crippen LogP contribution < -0.4 is 26.6 Å². The van der Waals surface area contributed by atoms with Crippen LogP contribution in [0.3, 0.4) is 0 Å². The molecule has 2 saturated heterocycles. The molecule has 2 aromatic rings. The zero-order chi connectivity index (χ0) is 23.0. The molecule has 2 aliphatic rings. The summed E-state index contributed by atoms with van der Waals surface area (Å²) >= 11 is 0. The number of urea groups is 2. The van der Waals surface area contributed by atoms with Crippen LogP contribution in [0.1, 0.15) is 31.2 Å². The highest BCUT2D eigenvalue weighted by molar-refractivity contribution is 5.99. The minimum Gasteiger partial charge on any atom is -0.376 e. The maximum absolute atomic E-state index is 12.5. The highest BCUT2D eigenvalue weighted by Gasteiger charge is 2.37. The number of para-hydroxylation sites is 1. The number of amides is 5. The molecule has 0 aliphatic carbocycles. The standard InChI is InChI=1S/C24H29N5O4/c30-21-12-11-19(22(29-21)20-10-5-13-33-20)28-23(31)25-15-16-6-4-9-18(14-16)27-24(32)26-17-7-2-1-3-8-17/h1-4,6-9,14,19-20,22H,5,10-13,15H2,(H,29,30)(H2,25,28,31)(H2,26,27,32). The van der Waals surface area contributed by atoms with Crippen LogP contribution in [0.2, 0.25) is 0 Å². The lowest BCUT2D eigenvalue weighted by Crippen LogP contribution is -2.61. The fourth-order valence-corrected chi connectivity index (χ4v) is 4.20. The summed E-state index contributed by atoms with van der Waals surface area (Å²) in [6.45, 7) is 0.981. The van der Waals surface area contributed by atoms with Gasteiger partial charge in [-0.25, -0.2) is 9.59 Å². The summed E-state index contributed by atoms with van der Waals surface area (Å²) in [5.41, 5.74) is 2.16. The monoisotopic (exact) mass is 451 g/mol. The zero-order valence-corrected chi connectivity index (χ0v) is 18.3. The third kappa shape index (κ3) is 6.45. The second-order valence-corrected chi connectivity index (χ2v) is 8.26. The van der Waals surface area contributed by atoms with Gasteiger partial charge in [-0.1, -0.05) is 30.3 Å². The molecule has 2 fully saturated rings. The first-order valence-electron chi connectivity index (χ1n) is 11.2. The molecule has 5 N–H and O–H groups in total. The molecule has 5 amide bonds. The van der Waals surface area contributed by atoms with Gasteiger partial charge in [0.25, 0.3) is 0 Å². The van der Waals surface area contributed by atoms with Gasteiger partial charge in [0.2, 0.25) is 5.91 Å². The van der Waals surface area contributed by atoms with Gasteiger partial charge in [-0.3, -0.25) is 4.79 Å². The van der Waals surface area contributed by atoms with E-state index in [0.717, 1.165) is 18.4 Å². The van der Waals surface area contributed by atoms with Crippen molar-refractivity contribution in [3.8, 4) is 0 Å². The van der Waals surface area contributed by atoms with E-state index in [-0.39, 0.29) is 36.2 Å². The van der Waals surface area contributed by atoms with Gasteiger partial charge in [-0.15, -0.1) is 0 Å². The molecule has 3 unspecified atom stereocenters. The van der Waals surface area contributed by atoms with E-state index in [2.05, 4.69) is 26.6 Å². The molecule has 0 bridgehead atoms. The van der Waals surface area contributed by atoms with Crippen LogP contribution in [0.4, 0.5) is 21.0 Å². The molecule has 3 atom stereocenters. The third-order valence-corrected chi connectivity index (χ3v) is 5.80. The largest absolute Gasteiger partial charge is 0.376 e.